The van der Waals surface area contributed by atoms with Crippen LogP contribution in [0.25, 0.3) is 0 Å². The first-order valence-corrected chi connectivity index (χ1v) is 11.5. The summed E-state index contributed by atoms with van der Waals surface area (Å²) in [5.74, 6) is -0.413. The zero-order valence-corrected chi connectivity index (χ0v) is 19.0. The van der Waals surface area contributed by atoms with Gasteiger partial charge in [0.25, 0.3) is 5.91 Å². The molecule has 9 heteroatoms. The van der Waals surface area contributed by atoms with Gasteiger partial charge in [-0.1, -0.05) is 40.7 Å². The third kappa shape index (κ3) is 6.70. The molecule has 1 aromatic carbocycles. The van der Waals surface area contributed by atoms with Crippen molar-refractivity contribution < 1.29 is 26.4 Å². The van der Waals surface area contributed by atoms with Gasteiger partial charge in [0.05, 0.1) is 4.90 Å². The average molecular weight is 449 g/mol. The van der Waals surface area contributed by atoms with Gasteiger partial charge in [-0.3, -0.25) is 4.79 Å². The molecule has 0 spiro atoms. The van der Waals surface area contributed by atoms with E-state index in [0.717, 1.165) is 11.3 Å². The molecule has 0 aromatic heterocycles. The molecule has 5 nitrogen and oxygen atoms in total. The third-order valence-electron chi connectivity index (χ3n) is 4.88. The summed E-state index contributed by atoms with van der Waals surface area (Å²) in [4.78, 5) is 13.5. The number of halogens is 3. The van der Waals surface area contributed by atoms with Crippen LogP contribution in [0, 0.1) is 17.3 Å². The van der Waals surface area contributed by atoms with E-state index in [1.807, 2.05) is 13.8 Å². The number of benzene rings is 1. The van der Waals surface area contributed by atoms with E-state index in [0.29, 0.717) is 13.1 Å². The fourth-order valence-electron chi connectivity index (χ4n) is 3.91. The van der Waals surface area contributed by atoms with Crippen LogP contribution in [0.4, 0.5) is 13.2 Å². The Morgan fingerprint density at radius 1 is 1.10 bits per heavy atom. The van der Waals surface area contributed by atoms with Gasteiger partial charge in [-0.15, -0.1) is 0 Å². The van der Waals surface area contributed by atoms with Crippen LogP contribution in [0.1, 0.15) is 51.4 Å². The van der Waals surface area contributed by atoms with Crippen LogP contribution in [0.5, 0.6) is 0 Å². The lowest BCUT2D eigenvalue weighted by Gasteiger charge is -2.34. The van der Waals surface area contributed by atoms with Crippen molar-refractivity contribution in [3.05, 3.63) is 29.8 Å². The van der Waals surface area contributed by atoms with E-state index in [-0.39, 0.29) is 28.8 Å². The first-order valence-electron chi connectivity index (χ1n) is 10.0. The topological polar surface area (TPSA) is 57.7 Å². The van der Waals surface area contributed by atoms with Gasteiger partial charge in [-0.2, -0.15) is 17.5 Å². The quantitative estimate of drug-likeness (QED) is 0.671. The average Bonchev–Trinajstić information content (AvgIpc) is 2.57. The fourth-order valence-corrected chi connectivity index (χ4v) is 5.64. The number of sulfonamides is 1. The first-order chi connectivity index (χ1) is 13.6. The molecule has 0 aliphatic carbocycles. The smallest absolute Gasteiger partial charge is 0.329 e. The van der Waals surface area contributed by atoms with E-state index in [4.69, 9.17) is 0 Å². The summed E-state index contributed by atoms with van der Waals surface area (Å²) < 4.78 is 66.7. The van der Waals surface area contributed by atoms with Gasteiger partial charge in [-0.05, 0) is 41.9 Å². The van der Waals surface area contributed by atoms with Gasteiger partial charge >= 0.3 is 6.18 Å². The van der Waals surface area contributed by atoms with E-state index in [1.54, 1.807) is 20.8 Å². The van der Waals surface area contributed by atoms with Crippen molar-refractivity contribution in [3.8, 4) is 0 Å². The van der Waals surface area contributed by atoms with Crippen molar-refractivity contribution in [3.63, 3.8) is 0 Å². The monoisotopic (exact) mass is 448 g/mol. The minimum Gasteiger partial charge on any atom is -0.329 e. The van der Waals surface area contributed by atoms with Crippen LogP contribution >= 0.6 is 0 Å². The van der Waals surface area contributed by atoms with Crippen LogP contribution in [0.2, 0.25) is 0 Å². The molecular weight excluding hydrogens is 417 g/mol. The SMILES string of the molecule is CC1CC(C)CN(S(=O)(=O)c2cccc(C(=O)N(CC(C)(C)C)CC(F)(F)F)c2)C1. The molecule has 1 fully saturated rings. The van der Waals surface area contributed by atoms with Crippen LogP contribution in [-0.4, -0.2) is 55.9 Å². The van der Waals surface area contributed by atoms with Gasteiger partial charge in [0.1, 0.15) is 6.54 Å². The molecule has 0 bridgehead atoms. The molecule has 1 saturated heterocycles. The Hall–Kier alpha value is -1.61. The summed E-state index contributed by atoms with van der Waals surface area (Å²) >= 11 is 0. The van der Waals surface area contributed by atoms with E-state index < -0.39 is 34.1 Å². The lowest BCUT2D eigenvalue weighted by molar-refractivity contribution is -0.142. The Morgan fingerprint density at radius 2 is 1.67 bits per heavy atom. The van der Waals surface area contributed by atoms with E-state index in [1.165, 1.54) is 28.6 Å². The molecule has 30 heavy (non-hydrogen) atoms. The van der Waals surface area contributed by atoms with Crippen LogP contribution < -0.4 is 0 Å². The number of piperidine rings is 1. The first kappa shape index (κ1) is 24.7. The maximum Gasteiger partial charge on any atom is 0.406 e. The second-order valence-corrected chi connectivity index (χ2v) is 11.6. The number of hydrogen-bond donors (Lipinski definition) is 0. The van der Waals surface area contributed by atoms with Crippen molar-refractivity contribution in [1.29, 1.82) is 0 Å². The Morgan fingerprint density at radius 3 is 2.17 bits per heavy atom. The van der Waals surface area contributed by atoms with Crippen LogP contribution in [0.15, 0.2) is 29.2 Å². The van der Waals surface area contributed by atoms with Gasteiger partial charge in [0.2, 0.25) is 10.0 Å². The number of hydrogen-bond acceptors (Lipinski definition) is 3. The van der Waals surface area contributed by atoms with Crippen molar-refractivity contribution in [1.82, 2.24) is 9.21 Å². The fraction of sp³-hybridized carbons (Fsp3) is 0.667. The van der Waals surface area contributed by atoms with Crippen LogP contribution in [0.3, 0.4) is 0 Å². The summed E-state index contributed by atoms with van der Waals surface area (Å²) in [6, 6.07) is 5.33. The largest absolute Gasteiger partial charge is 0.406 e. The standard InChI is InChI=1S/C21H31F3N2O3S/c1-15-9-16(2)12-26(11-15)30(28,29)18-8-6-7-17(10-18)19(27)25(13-20(3,4)5)14-21(22,23)24/h6-8,10,15-16H,9,11-14H2,1-5H3. The molecule has 1 aliphatic rings. The Bertz CT molecular complexity index is 837. The Balaban J connectivity index is 2.35. The molecule has 1 aromatic rings. The number of alkyl halides is 3. The van der Waals surface area contributed by atoms with Crippen molar-refractivity contribution in [2.24, 2.45) is 17.3 Å². The Labute approximate surface area is 177 Å². The highest BCUT2D eigenvalue weighted by Gasteiger charge is 2.36. The van der Waals surface area contributed by atoms with Gasteiger partial charge in [0, 0.05) is 25.2 Å². The summed E-state index contributed by atoms with van der Waals surface area (Å²) in [6.07, 6.45) is -3.62. The zero-order chi connectivity index (χ0) is 22.9. The highest BCUT2D eigenvalue weighted by molar-refractivity contribution is 7.89. The predicted octanol–water partition coefficient (Wildman–Crippen LogP) is 4.40. The number of amides is 1. The number of nitrogens with zero attached hydrogens (tertiary/aromatic N) is 2. The molecule has 1 heterocycles. The molecule has 0 N–H and O–H groups in total. The molecule has 2 unspecified atom stereocenters. The number of carbonyl (C=O) groups is 1. The maximum atomic E-state index is 13.1. The lowest BCUT2D eigenvalue weighted by atomic mass is 9.94. The lowest BCUT2D eigenvalue weighted by Crippen LogP contribution is -2.44. The minimum absolute atomic E-state index is 0.0670. The number of rotatable bonds is 5. The highest BCUT2D eigenvalue weighted by atomic mass is 32.2. The molecular formula is C21H31F3N2O3S. The summed E-state index contributed by atoms with van der Waals surface area (Å²) in [5.41, 5.74) is -0.618. The van der Waals surface area contributed by atoms with Gasteiger partial charge in [-0.25, -0.2) is 8.42 Å². The Kier molecular flexibility index (Phi) is 7.29. The summed E-state index contributed by atoms with van der Waals surface area (Å²) in [5, 5.41) is 0. The number of carbonyl (C=O) groups excluding carboxylic acids is 1. The maximum absolute atomic E-state index is 13.1. The summed E-state index contributed by atoms with van der Waals surface area (Å²) in [7, 11) is -3.84. The molecule has 1 aliphatic heterocycles. The second-order valence-electron chi connectivity index (χ2n) is 9.63. The van der Waals surface area contributed by atoms with Gasteiger partial charge in [0.15, 0.2) is 0 Å². The normalized spacial score (nSPS) is 21.5. The molecule has 1 amide bonds. The van der Waals surface area contributed by atoms with Crippen molar-refractivity contribution >= 4 is 15.9 Å². The van der Waals surface area contributed by atoms with Crippen molar-refractivity contribution in [2.45, 2.75) is 52.1 Å². The van der Waals surface area contributed by atoms with Crippen molar-refractivity contribution in [2.75, 3.05) is 26.2 Å². The third-order valence-corrected chi connectivity index (χ3v) is 6.70. The summed E-state index contributed by atoms with van der Waals surface area (Å²) in [6.45, 7) is 8.46. The second kappa shape index (κ2) is 8.86. The minimum atomic E-state index is -4.55. The van der Waals surface area contributed by atoms with E-state index in [2.05, 4.69) is 0 Å². The van der Waals surface area contributed by atoms with Gasteiger partial charge < -0.3 is 4.90 Å². The van der Waals surface area contributed by atoms with Crippen LogP contribution in [-0.2, 0) is 10.0 Å². The molecule has 2 rings (SSSR count). The molecule has 0 radical (unpaired) electrons. The predicted molar refractivity (Wildman–Crippen MR) is 110 cm³/mol. The highest BCUT2D eigenvalue weighted by Crippen LogP contribution is 2.28. The molecule has 2 atom stereocenters. The molecule has 0 saturated carbocycles. The van der Waals surface area contributed by atoms with E-state index >= 15 is 0 Å². The zero-order valence-electron chi connectivity index (χ0n) is 18.2. The molecule has 170 valence electrons. The van der Waals surface area contributed by atoms with E-state index in [9.17, 15) is 26.4 Å².